The highest BCUT2D eigenvalue weighted by molar-refractivity contribution is 5.94. The molecule has 3 nitrogen and oxygen atoms in total. The molecule has 1 heterocycles. The zero-order chi connectivity index (χ0) is 11.4. The lowest BCUT2D eigenvalue weighted by Crippen LogP contribution is -2.36. The Morgan fingerprint density at radius 3 is 3.12 bits per heavy atom. The number of rotatable bonds is 2. The average Bonchev–Trinajstić information content (AvgIpc) is 2.73. The van der Waals surface area contributed by atoms with Crippen LogP contribution in [0.3, 0.4) is 0 Å². The molecule has 0 fully saturated rings. The van der Waals surface area contributed by atoms with Crippen LogP contribution >= 0.6 is 0 Å². The van der Waals surface area contributed by atoms with Crippen molar-refractivity contribution in [2.24, 2.45) is 0 Å². The first-order chi connectivity index (χ1) is 7.83. The third-order valence-corrected chi connectivity index (χ3v) is 2.69. The molecule has 0 saturated heterocycles. The lowest BCUT2D eigenvalue weighted by molar-refractivity contribution is 0.250. The number of para-hydroxylation sites is 1. The van der Waals surface area contributed by atoms with Gasteiger partial charge in [0.25, 0.3) is 0 Å². The van der Waals surface area contributed by atoms with Gasteiger partial charge in [0.05, 0.1) is 0 Å². The van der Waals surface area contributed by atoms with Gasteiger partial charge in [0.2, 0.25) is 0 Å². The van der Waals surface area contributed by atoms with E-state index in [1.165, 1.54) is 5.56 Å². The average molecular weight is 216 g/mol. The van der Waals surface area contributed by atoms with Crippen LogP contribution in [-0.2, 0) is 6.42 Å². The number of benzene rings is 1. The molecule has 3 heteroatoms. The van der Waals surface area contributed by atoms with Crippen LogP contribution in [0.2, 0.25) is 0 Å². The lowest BCUT2D eigenvalue weighted by atomic mass is 10.2. The van der Waals surface area contributed by atoms with Crippen molar-refractivity contribution in [2.45, 2.75) is 19.8 Å². The summed E-state index contributed by atoms with van der Waals surface area (Å²) in [4.78, 5) is 13.6. The van der Waals surface area contributed by atoms with Gasteiger partial charge >= 0.3 is 6.03 Å². The molecule has 0 aromatic heterocycles. The van der Waals surface area contributed by atoms with Crippen molar-refractivity contribution in [3.05, 3.63) is 42.1 Å². The number of hydrogen-bond acceptors (Lipinski definition) is 1. The molecule has 0 spiro atoms. The van der Waals surface area contributed by atoms with Gasteiger partial charge in [-0.05, 0) is 24.5 Å². The Bertz CT molecular complexity index is 412. The molecule has 16 heavy (non-hydrogen) atoms. The Hall–Kier alpha value is -1.77. The first-order valence-electron chi connectivity index (χ1n) is 5.64. The van der Waals surface area contributed by atoms with E-state index in [2.05, 4.69) is 11.4 Å². The van der Waals surface area contributed by atoms with Crippen molar-refractivity contribution >= 4 is 11.7 Å². The summed E-state index contributed by atoms with van der Waals surface area (Å²) < 4.78 is 0. The molecule has 0 saturated carbocycles. The van der Waals surface area contributed by atoms with Crippen molar-refractivity contribution in [3.8, 4) is 0 Å². The third-order valence-electron chi connectivity index (χ3n) is 2.69. The number of carbonyl (C=O) groups excluding carboxylic acids is 1. The molecule has 1 N–H and O–H groups in total. The number of allylic oxidation sites excluding steroid dienone is 1. The van der Waals surface area contributed by atoms with E-state index in [1.807, 2.05) is 31.2 Å². The number of anilines is 1. The fourth-order valence-corrected chi connectivity index (χ4v) is 1.88. The Morgan fingerprint density at radius 2 is 2.31 bits per heavy atom. The number of carbonyl (C=O) groups is 1. The fraction of sp³-hybridized carbons (Fsp3) is 0.308. The summed E-state index contributed by atoms with van der Waals surface area (Å²) in [7, 11) is 0. The summed E-state index contributed by atoms with van der Waals surface area (Å²) in [5, 5.41) is 2.77. The first kappa shape index (κ1) is 10.7. The Labute approximate surface area is 95.8 Å². The number of urea groups is 1. The zero-order valence-electron chi connectivity index (χ0n) is 9.44. The molecule has 1 aromatic rings. The molecule has 0 bridgehead atoms. The summed E-state index contributed by atoms with van der Waals surface area (Å²) >= 11 is 0. The maximum absolute atomic E-state index is 11.8. The predicted molar refractivity (Wildman–Crippen MR) is 65.5 cm³/mol. The van der Waals surface area contributed by atoms with Crippen molar-refractivity contribution in [3.63, 3.8) is 0 Å². The summed E-state index contributed by atoms with van der Waals surface area (Å²) in [5.41, 5.74) is 2.28. The molecule has 0 atom stereocenters. The van der Waals surface area contributed by atoms with Crippen molar-refractivity contribution in [1.82, 2.24) is 5.32 Å². The molecule has 84 valence electrons. The van der Waals surface area contributed by atoms with Gasteiger partial charge < -0.3 is 5.32 Å². The van der Waals surface area contributed by atoms with Crippen LogP contribution < -0.4 is 10.2 Å². The normalized spacial score (nSPS) is 14.2. The van der Waals surface area contributed by atoms with E-state index < -0.39 is 0 Å². The Balaban J connectivity index is 2.07. The van der Waals surface area contributed by atoms with Gasteiger partial charge in [-0.3, -0.25) is 4.90 Å². The lowest BCUT2D eigenvalue weighted by Gasteiger charge is -2.16. The van der Waals surface area contributed by atoms with Gasteiger partial charge in [-0.25, -0.2) is 4.79 Å². The number of nitrogens with one attached hydrogen (secondary N) is 1. The van der Waals surface area contributed by atoms with Gasteiger partial charge in [-0.1, -0.05) is 31.2 Å². The minimum Gasteiger partial charge on any atom is -0.315 e. The molecular formula is C13H16N2O. The van der Waals surface area contributed by atoms with Crippen LogP contribution in [0, 0.1) is 0 Å². The minimum absolute atomic E-state index is 0.0466. The van der Waals surface area contributed by atoms with Crippen LogP contribution in [0.15, 0.2) is 36.5 Å². The number of nitrogens with zero attached hydrogens (tertiary/aromatic N) is 1. The zero-order valence-corrected chi connectivity index (χ0v) is 9.44. The highest BCUT2D eigenvalue weighted by Crippen LogP contribution is 2.27. The minimum atomic E-state index is -0.0466. The highest BCUT2D eigenvalue weighted by Gasteiger charge is 2.23. The van der Waals surface area contributed by atoms with Crippen molar-refractivity contribution < 1.29 is 4.79 Å². The van der Waals surface area contributed by atoms with Gasteiger partial charge in [0.15, 0.2) is 0 Å². The molecular weight excluding hydrogens is 200 g/mol. The number of hydrogen-bond donors (Lipinski definition) is 1. The molecule has 0 radical (unpaired) electrons. The smallest absolute Gasteiger partial charge is 0.315 e. The number of fused-ring (bicyclic) bond motifs is 1. The second-order valence-electron chi connectivity index (χ2n) is 3.79. The van der Waals surface area contributed by atoms with E-state index in [-0.39, 0.29) is 6.03 Å². The molecule has 0 unspecified atom stereocenters. The van der Waals surface area contributed by atoms with E-state index in [0.29, 0.717) is 0 Å². The maximum Gasteiger partial charge on any atom is 0.325 e. The van der Waals surface area contributed by atoms with E-state index in [9.17, 15) is 4.79 Å². The number of amides is 2. The van der Waals surface area contributed by atoms with Crippen molar-refractivity contribution in [2.75, 3.05) is 11.4 Å². The van der Waals surface area contributed by atoms with E-state index >= 15 is 0 Å². The Kier molecular flexibility index (Phi) is 3.25. The van der Waals surface area contributed by atoms with Crippen LogP contribution in [0.5, 0.6) is 0 Å². The highest BCUT2D eigenvalue weighted by atomic mass is 16.2. The summed E-state index contributed by atoms with van der Waals surface area (Å²) in [6.07, 6.45) is 5.51. The molecule has 0 aliphatic carbocycles. The summed E-state index contributed by atoms with van der Waals surface area (Å²) in [6.45, 7) is 2.80. The standard InChI is InChI=1S/C13H16N2O/c1-2-3-9-14-13(16)15-10-8-11-6-4-5-7-12(11)15/h3-7,9H,2,8,10H2,1H3,(H,14,16)/b9-3+. The van der Waals surface area contributed by atoms with Gasteiger partial charge in [0.1, 0.15) is 0 Å². The quantitative estimate of drug-likeness (QED) is 0.810. The van der Waals surface area contributed by atoms with Crippen LogP contribution in [0.1, 0.15) is 18.9 Å². The largest absolute Gasteiger partial charge is 0.325 e. The fourth-order valence-electron chi connectivity index (χ4n) is 1.88. The first-order valence-corrected chi connectivity index (χ1v) is 5.64. The Morgan fingerprint density at radius 1 is 1.50 bits per heavy atom. The summed E-state index contributed by atoms with van der Waals surface area (Å²) in [6, 6.07) is 7.99. The molecule has 2 rings (SSSR count). The second-order valence-corrected chi connectivity index (χ2v) is 3.79. The van der Waals surface area contributed by atoms with Gasteiger partial charge in [-0.2, -0.15) is 0 Å². The SMILES string of the molecule is CC/C=C/NC(=O)N1CCc2ccccc21. The summed E-state index contributed by atoms with van der Waals surface area (Å²) in [5.74, 6) is 0. The van der Waals surface area contributed by atoms with Crippen LogP contribution in [0.4, 0.5) is 10.5 Å². The molecule has 1 aliphatic heterocycles. The van der Waals surface area contributed by atoms with E-state index in [0.717, 1.165) is 25.1 Å². The van der Waals surface area contributed by atoms with Crippen LogP contribution in [0.25, 0.3) is 0 Å². The second kappa shape index (κ2) is 4.84. The van der Waals surface area contributed by atoms with E-state index in [1.54, 1.807) is 11.1 Å². The van der Waals surface area contributed by atoms with Gasteiger partial charge in [0, 0.05) is 18.4 Å². The van der Waals surface area contributed by atoms with Crippen molar-refractivity contribution in [1.29, 1.82) is 0 Å². The monoisotopic (exact) mass is 216 g/mol. The maximum atomic E-state index is 11.8. The van der Waals surface area contributed by atoms with Crippen LogP contribution in [-0.4, -0.2) is 12.6 Å². The molecule has 2 amide bonds. The third kappa shape index (κ3) is 2.08. The predicted octanol–water partition coefficient (Wildman–Crippen LogP) is 2.68. The molecule has 1 aliphatic rings. The molecule has 1 aromatic carbocycles. The van der Waals surface area contributed by atoms with E-state index in [4.69, 9.17) is 0 Å². The topological polar surface area (TPSA) is 32.3 Å². The van der Waals surface area contributed by atoms with Gasteiger partial charge in [-0.15, -0.1) is 0 Å².